The van der Waals surface area contributed by atoms with E-state index in [1.54, 1.807) is 0 Å². The lowest BCUT2D eigenvalue weighted by atomic mass is 10.2. The van der Waals surface area contributed by atoms with Gasteiger partial charge in [0.25, 0.3) is 0 Å². The second-order valence-corrected chi connectivity index (χ2v) is 4.98. The van der Waals surface area contributed by atoms with Gasteiger partial charge < -0.3 is 10.4 Å². The van der Waals surface area contributed by atoms with Crippen molar-refractivity contribution in [2.75, 3.05) is 44.3 Å². The maximum atomic E-state index is 8.90. The molecule has 0 aromatic heterocycles. The van der Waals surface area contributed by atoms with Crippen molar-refractivity contribution >= 4 is 11.8 Å². The Morgan fingerprint density at radius 1 is 1.53 bits per heavy atom. The third kappa shape index (κ3) is 5.56. The maximum Gasteiger partial charge on any atom is 0.0558 e. The summed E-state index contributed by atoms with van der Waals surface area (Å²) in [6, 6.07) is 0.648. The van der Waals surface area contributed by atoms with Crippen LogP contribution in [0.3, 0.4) is 0 Å². The Kier molecular flexibility index (Phi) is 7.09. The predicted octanol–water partition coefficient (Wildman–Crippen LogP) is 0.562. The standard InChI is InChI=1S/C11H22N2OS/c1-2-5-13(7-8-14)6-3-11-10-15-9-4-12-11/h2,11-12,14H,1,3-10H2. The molecule has 4 heteroatoms. The fraction of sp³-hybridized carbons (Fsp3) is 0.818. The first kappa shape index (κ1) is 13.0. The van der Waals surface area contributed by atoms with E-state index in [2.05, 4.69) is 16.8 Å². The zero-order valence-electron chi connectivity index (χ0n) is 9.32. The third-order valence-electron chi connectivity index (χ3n) is 2.60. The number of hydrogen-bond donors (Lipinski definition) is 2. The second kappa shape index (κ2) is 8.16. The Morgan fingerprint density at radius 3 is 3.00 bits per heavy atom. The molecule has 0 aromatic rings. The molecule has 2 N–H and O–H groups in total. The van der Waals surface area contributed by atoms with Gasteiger partial charge in [0.1, 0.15) is 0 Å². The van der Waals surface area contributed by atoms with Crippen molar-refractivity contribution in [2.45, 2.75) is 12.5 Å². The lowest BCUT2D eigenvalue weighted by molar-refractivity contribution is 0.203. The quantitative estimate of drug-likeness (QED) is 0.627. The SMILES string of the molecule is C=CCN(CCO)CCC1CSCCN1. The number of hydrogen-bond acceptors (Lipinski definition) is 4. The van der Waals surface area contributed by atoms with Crippen LogP contribution in [0, 0.1) is 0 Å². The lowest BCUT2D eigenvalue weighted by Crippen LogP contribution is -2.40. The van der Waals surface area contributed by atoms with E-state index in [1.165, 1.54) is 17.9 Å². The van der Waals surface area contributed by atoms with Gasteiger partial charge in [0.05, 0.1) is 6.61 Å². The highest BCUT2D eigenvalue weighted by molar-refractivity contribution is 7.99. The predicted molar refractivity (Wildman–Crippen MR) is 67.5 cm³/mol. The monoisotopic (exact) mass is 230 g/mol. The summed E-state index contributed by atoms with van der Waals surface area (Å²) < 4.78 is 0. The van der Waals surface area contributed by atoms with Crippen molar-refractivity contribution in [1.29, 1.82) is 0 Å². The molecule has 1 rings (SSSR count). The molecule has 0 radical (unpaired) electrons. The summed E-state index contributed by atoms with van der Waals surface area (Å²) >= 11 is 2.03. The van der Waals surface area contributed by atoms with Crippen LogP contribution in [0.25, 0.3) is 0 Å². The molecular weight excluding hydrogens is 208 g/mol. The molecule has 0 bridgehead atoms. The van der Waals surface area contributed by atoms with E-state index in [0.29, 0.717) is 6.04 Å². The van der Waals surface area contributed by atoms with Gasteiger partial charge in [0.15, 0.2) is 0 Å². The van der Waals surface area contributed by atoms with E-state index in [-0.39, 0.29) is 6.61 Å². The molecule has 1 saturated heterocycles. The summed E-state index contributed by atoms with van der Waals surface area (Å²) in [7, 11) is 0. The molecule has 1 fully saturated rings. The van der Waals surface area contributed by atoms with Crippen LogP contribution in [0.15, 0.2) is 12.7 Å². The molecule has 88 valence electrons. The Labute approximate surface area is 96.9 Å². The summed E-state index contributed by atoms with van der Waals surface area (Å²) in [5.41, 5.74) is 0. The van der Waals surface area contributed by atoms with Crippen LogP contribution >= 0.6 is 11.8 Å². The number of aliphatic hydroxyl groups is 1. The molecule has 1 aliphatic heterocycles. The minimum Gasteiger partial charge on any atom is -0.395 e. The highest BCUT2D eigenvalue weighted by Gasteiger charge is 2.13. The van der Waals surface area contributed by atoms with E-state index in [0.717, 1.165) is 26.2 Å². The largest absolute Gasteiger partial charge is 0.395 e. The topological polar surface area (TPSA) is 35.5 Å². The summed E-state index contributed by atoms with van der Waals surface area (Å²) in [5.74, 6) is 2.46. The van der Waals surface area contributed by atoms with Gasteiger partial charge in [0, 0.05) is 43.7 Å². The zero-order chi connectivity index (χ0) is 10.9. The number of nitrogens with zero attached hydrogens (tertiary/aromatic N) is 1. The van der Waals surface area contributed by atoms with Crippen LogP contribution in [0.5, 0.6) is 0 Å². The Balaban J connectivity index is 2.16. The maximum absolute atomic E-state index is 8.90. The Bertz CT molecular complexity index is 172. The molecule has 0 aromatic carbocycles. The summed E-state index contributed by atoms with van der Waals surface area (Å²) in [5, 5.41) is 12.4. The zero-order valence-corrected chi connectivity index (χ0v) is 10.1. The van der Waals surface area contributed by atoms with Crippen molar-refractivity contribution in [3.05, 3.63) is 12.7 Å². The van der Waals surface area contributed by atoms with Crippen LogP contribution in [-0.2, 0) is 0 Å². The summed E-state index contributed by atoms with van der Waals surface area (Å²) in [6.45, 7) is 7.78. The third-order valence-corrected chi connectivity index (χ3v) is 3.73. The van der Waals surface area contributed by atoms with E-state index in [9.17, 15) is 0 Å². The highest BCUT2D eigenvalue weighted by atomic mass is 32.2. The van der Waals surface area contributed by atoms with Crippen molar-refractivity contribution in [3.8, 4) is 0 Å². The van der Waals surface area contributed by atoms with Gasteiger partial charge in [-0.05, 0) is 6.42 Å². The smallest absolute Gasteiger partial charge is 0.0558 e. The Hall–Kier alpha value is -0.0300. The van der Waals surface area contributed by atoms with Crippen LogP contribution in [0.4, 0.5) is 0 Å². The van der Waals surface area contributed by atoms with Crippen LogP contribution in [-0.4, -0.2) is 60.3 Å². The number of thioether (sulfide) groups is 1. The van der Waals surface area contributed by atoms with E-state index < -0.39 is 0 Å². The molecule has 1 unspecified atom stereocenters. The molecule has 0 spiro atoms. The molecule has 15 heavy (non-hydrogen) atoms. The van der Waals surface area contributed by atoms with E-state index in [4.69, 9.17) is 5.11 Å². The minimum atomic E-state index is 0.237. The molecule has 1 heterocycles. The fourth-order valence-corrected chi connectivity index (χ4v) is 2.76. The molecule has 1 aliphatic rings. The molecule has 0 saturated carbocycles. The van der Waals surface area contributed by atoms with E-state index in [1.807, 2.05) is 17.8 Å². The van der Waals surface area contributed by atoms with Crippen LogP contribution in [0.2, 0.25) is 0 Å². The van der Waals surface area contributed by atoms with Gasteiger partial charge in [-0.1, -0.05) is 6.08 Å². The van der Waals surface area contributed by atoms with Gasteiger partial charge in [-0.25, -0.2) is 0 Å². The average molecular weight is 230 g/mol. The van der Waals surface area contributed by atoms with Crippen molar-refractivity contribution in [3.63, 3.8) is 0 Å². The summed E-state index contributed by atoms with van der Waals surface area (Å²) in [6.07, 6.45) is 3.07. The molecule has 0 aliphatic carbocycles. The Morgan fingerprint density at radius 2 is 2.40 bits per heavy atom. The normalized spacial score (nSPS) is 21.9. The average Bonchev–Trinajstić information content (AvgIpc) is 2.28. The van der Waals surface area contributed by atoms with Crippen molar-refractivity contribution in [2.24, 2.45) is 0 Å². The van der Waals surface area contributed by atoms with Gasteiger partial charge in [-0.3, -0.25) is 4.90 Å². The first-order valence-electron chi connectivity index (χ1n) is 5.62. The van der Waals surface area contributed by atoms with Crippen LogP contribution in [0.1, 0.15) is 6.42 Å². The van der Waals surface area contributed by atoms with Gasteiger partial charge in [0.2, 0.25) is 0 Å². The molecule has 3 nitrogen and oxygen atoms in total. The van der Waals surface area contributed by atoms with Crippen LogP contribution < -0.4 is 5.32 Å². The van der Waals surface area contributed by atoms with Gasteiger partial charge >= 0.3 is 0 Å². The molecular formula is C11H22N2OS. The number of nitrogens with one attached hydrogen (secondary N) is 1. The van der Waals surface area contributed by atoms with Crippen molar-refractivity contribution < 1.29 is 5.11 Å². The van der Waals surface area contributed by atoms with E-state index >= 15 is 0 Å². The first-order chi connectivity index (χ1) is 7.36. The van der Waals surface area contributed by atoms with Gasteiger partial charge in [-0.2, -0.15) is 11.8 Å². The molecule has 1 atom stereocenters. The summed E-state index contributed by atoms with van der Waals surface area (Å²) in [4.78, 5) is 2.24. The fourth-order valence-electron chi connectivity index (χ4n) is 1.76. The molecule has 0 amide bonds. The minimum absolute atomic E-state index is 0.237. The lowest BCUT2D eigenvalue weighted by Gasteiger charge is -2.26. The number of aliphatic hydroxyl groups excluding tert-OH is 1. The first-order valence-corrected chi connectivity index (χ1v) is 6.77. The number of rotatable bonds is 7. The van der Waals surface area contributed by atoms with Crippen molar-refractivity contribution in [1.82, 2.24) is 10.2 Å². The second-order valence-electron chi connectivity index (χ2n) is 3.83. The van der Waals surface area contributed by atoms with Gasteiger partial charge in [-0.15, -0.1) is 6.58 Å². The highest BCUT2D eigenvalue weighted by Crippen LogP contribution is 2.10.